The Morgan fingerprint density at radius 1 is 0.759 bits per heavy atom. The molecule has 2 heterocycles. The number of rotatable bonds is 2. The van der Waals surface area contributed by atoms with Crippen LogP contribution in [0.15, 0.2) is 65.1 Å². The standard InChI is InChI=1S/C24H22BClO3/c1-23(2)24(3,4)29-25(28-23)20-14-16(26)13-19-18-12-8-11-17(21(18)27-22(19)20)15-9-6-5-7-10-15/h5-14H,1-4H3. The lowest BCUT2D eigenvalue weighted by Gasteiger charge is -2.32. The van der Waals surface area contributed by atoms with E-state index < -0.39 is 18.3 Å². The van der Waals surface area contributed by atoms with Gasteiger partial charge in [-0.1, -0.05) is 60.1 Å². The Morgan fingerprint density at radius 2 is 1.45 bits per heavy atom. The molecule has 1 aliphatic rings. The summed E-state index contributed by atoms with van der Waals surface area (Å²) in [5.74, 6) is 0. The van der Waals surface area contributed by atoms with Gasteiger partial charge in [0.05, 0.1) is 11.2 Å². The molecule has 0 aliphatic carbocycles. The van der Waals surface area contributed by atoms with Crippen LogP contribution >= 0.6 is 11.6 Å². The minimum absolute atomic E-state index is 0.437. The second kappa shape index (κ2) is 6.37. The second-order valence-electron chi connectivity index (χ2n) is 8.61. The summed E-state index contributed by atoms with van der Waals surface area (Å²) in [4.78, 5) is 0. The topological polar surface area (TPSA) is 31.6 Å². The quantitative estimate of drug-likeness (QED) is 0.372. The van der Waals surface area contributed by atoms with Crippen LogP contribution in [0.4, 0.5) is 0 Å². The molecule has 5 heteroatoms. The number of benzene rings is 3. The molecule has 0 N–H and O–H groups in total. The normalized spacial score (nSPS) is 18.0. The molecule has 4 aromatic rings. The van der Waals surface area contributed by atoms with Gasteiger partial charge in [-0.2, -0.15) is 0 Å². The molecule has 0 radical (unpaired) electrons. The summed E-state index contributed by atoms with van der Waals surface area (Å²) >= 11 is 6.51. The van der Waals surface area contributed by atoms with Gasteiger partial charge in [0.1, 0.15) is 11.2 Å². The molecule has 0 amide bonds. The Balaban J connectivity index is 1.75. The zero-order chi connectivity index (χ0) is 20.4. The molecule has 3 aromatic carbocycles. The third kappa shape index (κ3) is 2.90. The van der Waals surface area contributed by atoms with E-state index >= 15 is 0 Å². The number of para-hydroxylation sites is 1. The minimum Gasteiger partial charge on any atom is -0.456 e. The van der Waals surface area contributed by atoms with Crippen LogP contribution < -0.4 is 5.46 Å². The van der Waals surface area contributed by atoms with E-state index in [0.717, 1.165) is 38.5 Å². The summed E-state index contributed by atoms with van der Waals surface area (Å²) in [7, 11) is -0.540. The first kappa shape index (κ1) is 18.7. The lowest BCUT2D eigenvalue weighted by molar-refractivity contribution is 0.00578. The molecule has 0 unspecified atom stereocenters. The van der Waals surface area contributed by atoms with Gasteiger partial charge in [-0.05, 0) is 45.4 Å². The van der Waals surface area contributed by atoms with Crippen molar-refractivity contribution in [3.05, 3.63) is 65.7 Å². The van der Waals surface area contributed by atoms with Crippen molar-refractivity contribution in [3.63, 3.8) is 0 Å². The molecular formula is C24H22BClO3. The number of furan rings is 1. The highest BCUT2D eigenvalue weighted by Gasteiger charge is 2.52. The van der Waals surface area contributed by atoms with Crippen molar-refractivity contribution in [2.45, 2.75) is 38.9 Å². The largest absolute Gasteiger partial charge is 0.498 e. The van der Waals surface area contributed by atoms with E-state index in [1.54, 1.807) is 0 Å². The first-order valence-corrected chi connectivity index (χ1v) is 10.2. The third-order valence-electron chi connectivity index (χ3n) is 6.18. The molecule has 1 aromatic heterocycles. The molecule has 0 atom stereocenters. The molecule has 1 aliphatic heterocycles. The van der Waals surface area contributed by atoms with Gasteiger partial charge in [0.25, 0.3) is 0 Å². The van der Waals surface area contributed by atoms with Crippen molar-refractivity contribution in [2.75, 3.05) is 0 Å². The fourth-order valence-electron chi connectivity index (χ4n) is 3.88. The average Bonchev–Trinajstić information content (AvgIpc) is 3.15. The van der Waals surface area contributed by atoms with Crippen molar-refractivity contribution >= 4 is 46.1 Å². The van der Waals surface area contributed by atoms with Gasteiger partial charge < -0.3 is 13.7 Å². The van der Waals surface area contributed by atoms with Gasteiger partial charge in [0.2, 0.25) is 0 Å². The molecule has 29 heavy (non-hydrogen) atoms. The summed E-state index contributed by atoms with van der Waals surface area (Å²) < 4.78 is 19.0. The van der Waals surface area contributed by atoms with Crippen LogP contribution in [0.2, 0.25) is 5.02 Å². The van der Waals surface area contributed by atoms with Crippen LogP contribution in [-0.4, -0.2) is 18.3 Å². The van der Waals surface area contributed by atoms with E-state index in [1.807, 2.05) is 58.0 Å². The Morgan fingerprint density at radius 3 is 2.14 bits per heavy atom. The van der Waals surface area contributed by atoms with Gasteiger partial charge in [-0.15, -0.1) is 0 Å². The molecule has 5 rings (SSSR count). The zero-order valence-electron chi connectivity index (χ0n) is 17.0. The highest BCUT2D eigenvalue weighted by Crippen LogP contribution is 2.40. The minimum atomic E-state index is -0.540. The van der Waals surface area contributed by atoms with Crippen molar-refractivity contribution in [2.24, 2.45) is 0 Å². The number of hydrogen-bond acceptors (Lipinski definition) is 3. The maximum Gasteiger partial charge on any atom is 0.498 e. The number of fused-ring (bicyclic) bond motifs is 3. The van der Waals surface area contributed by atoms with Crippen molar-refractivity contribution < 1.29 is 13.7 Å². The van der Waals surface area contributed by atoms with E-state index in [0.29, 0.717) is 5.02 Å². The third-order valence-corrected chi connectivity index (χ3v) is 6.40. The first-order chi connectivity index (χ1) is 13.8. The summed E-state index contributed by atoms with van der Waals surface area (Å²) in [5, 5.41) is 2.63. The maximum absolute atomic E-state index is 6.51. The van der Waals surface area contributed by atoms with Crippen LogP contribution in [-0.2, 0) is 9.31 Å². The molecule has 146 valence electrons. The Kier molecular flexibility index (Phi) is 4.11. The molecule has 1 fully saturated rings. The van der Waals surface area contributed by atoms with Gasteiger partial charge in [-0.25, -0.2) is 0 Å². The van der Waals surface area contributed by atoms with Crippen molar-refractivity contribution in [1.29, 1.82) is 0 Å². The summed E-state index contributed by atoms with van der Waals surface area (Å²) in [6.45, 7) is 8.17. The van der Waals surface area contributed by atoms with E-state index in [-0.39, 0.29) is 0 Å². The molecular weight excluding hydrogens is 383 g/mol. The van der Waals surface area contributed by atoms with Gasteiger partial charge >= 0.3 is 7.12 Å². The summed E-state index contributed by atoms with van der Waals surface area (Å²) in [6.07, 6.45) is 0. The molecule has 0 saturated carbocycles. The van der Waals surface area contributed by atoms with Crippen LogP contribution in [0.25, 0.3) is 33.1 Å². The second-order valence-corrected chi connectivity index (χ2v) is 9.05. The Labute approximate surface area is 175 Å². The SMILES string of the molecule is CC1(C)OB(c2cc(Cl)cc3c2oc2c(-c4ccccc4)cccc23)OC1(C)C. The van der Waals surface area contributed by atoms with Gasteiger partial charge in [0, 0.05) is 26.8 Å². The Bertz CT molecular complexity index is 1210. The fourth-order valence-corrected chi connectivity index (χ4v) is 4.11. The highest BCUT2D eigenvalue weighted by molar-refractivity contribution is 6.65. The van der Waals surface area contributed by atoms with Crippen LogP contribution in [0.5, 0.6) is 0 Å². The number of hydrogen-bond donors (Lipinski definition) is 0. The van der Waals surface area contributed by atoms with Crippen molar-refractivity contribution in [3.8, 4) is 11.1 Å². The molecule has 0 bridgehead atoms. The maximum atomic E-state index is 6.51. The molecule has 0 spiro atoms. The fraction of sp³-hybridized carbons (Fsp3) is 0.250. The highest BCUT2D eigenvalue weighted by atomic mass is 35.5. The Hall–Kier alpha value is -2.27. The predicted octanol–water partition coefficient (Wildman–Crippen LogP) is 6.21. The summed E-state index contributed by atoms with van der Waals surface area (Å²) in [5.41, 5.74) is 3.71. The molecule has 3 nitrogen and oxygen atoms in total. The zero-order valence-corrected chi connectivity index (χ0v) is 17.7. The van der Waals surface area contributed by atoms with E-state index in [1.165, 1.54) is 0 Å². The van der Waals surface area contributed by atoms with Crippen LogP contribution in [0, 0.1) is 0 Å². The monoisotopic (exact) mass is 404 g/mol. The van der Waals surface area contributed by atoms with Crippen molar-refractivity contribution in [1.82, 2.24) is 0 Å². The van der Waals surface area contributed by atoms with Gasteiger partial charge in [0.15, 0.2) is 0 Å². The smallest absolute Gasteiger partial charge is 0.456 e. The van der Waals surface area contributed by atoms with E-state index in [2.05, 4.69) is 30.3 Å². The van der Waals surface area contributed by atoms with Gasteiger partial charge in [-0.3, -0.25) is 0 Å². The lowest BCUT2D eigenvalue weighted by Crippen LogP contribution is -2.41. The first-order valence-electron chi connectivity index (χ1n) is 9.82. The summed E-state index contributed by atoms with van der Waals surface area (Å²) in [6, 6.07) is 20.3. The lowest BCUT2D eigenvalue weighted by atomic mass is 9.78. The van der Waals surface area contributed by atoms with Crippen LogP contribution in [0.1, 0.15) is 27.7 Å². The van der Waals surface area contributed by atoms with E-state index in [4.69, 9.17) is 25.3 Å². The van der Waals surface area contributed by atoms with Crippen LogP contribution in [0.3, 0.4) is 0 Å². The average molecular weight is 405 g/mol. The molecule has 1 saturated heterocycles. The number of halogens is 1. The predicted molar refractivity (Wildman–Crippen MR) is 120 cm³/mol. The van der Waals surface area contributed by atoms with E-state index in [9.17, 15) is 0 Å².